The average molecular weight is 299 g/mol. The minimum absolute atomic E-state index is 0.203. The van der Waals surface area contributed by atoms with Gasteiger partial charge in [0.25, 0.3) is 0 Å². The number of nitrogens with zero attached hydrogens (tertiary/aromatic N) is 2. The number of hydrogen-bond acceptors (Lipinski definition) is 3. The van der Waals surface area contributed by atoms with E-state index in [9.17, 15) is 8.42 Å². The Bertz CT molecular complexity index is 700. The fourth-order valence-corrected chi connectivity index (χ4v) is 3.05. The van der Waals surface area contributed by atoms with Crippen molar-refractivity contribution in [3.05, 3.63) is 46.8 Å². The molecule has 0 atom stereocenters. The van der Waals surface area contributed by atoms with Gasteiger partial charge in [-0.15, -0.1) is 0 Å². The summed E-state index contributed by atoms with van der Waals surface area (Å²) in [6, 6.07) is 6.07. The van der Waals surface area contributed by atoms with Crippen LogP contribution < -0.4 is 0 Å². The number of benzene rings is 1. The maximum Gasteiger partial charge on any atom is 0.236 e. The molecule has 0 aliphatic heterocycles. The summed E-state index contributed by atoms with van der Waals surface area (Å²) in [6.45, 7) is 5.80. The third kappa shape index (κ3) is 3.58. The summed E-state index contributed by atoms with van der Waals surface area (Å²) < 4.78 is 24.0. The summed E-state index contributed by atoms with van der Waals surface area (Å²) in [5, 5.41) is 4.34. The van der Waals surface area contributed by atoms with Crippen molar-refractivity contribution in [2.45, 2.75) is 26.5 Å². The first-order valence-corrected chi connectivity index (χ1v) is 8.28. The lowest BCUT2D eigenvalue weighted by atomic mass is 10.1. The molecule has 19 heavy (non-hydrogen) atoms. The highest BCUT2D eigenvalue weighted by Crippen LogP contribution is 2.18. The molecular weight excluding hydrogens is 284 g/mol. The molecule has 2 rings (SSSR count). The Kier molecular flexibility index (Phi) is 3.69. The minimum atomic E-state index is -3.57. The molecule has 0 N–H and O–H groups in total. The van der Waals surface area contributed by atoms with Crippen LogP contribution in [0.2, 0.25) is 0 Å². The van der Waals surface area contributed by atoms with E-state index in [-0.39, 0.29) is 5.75 Å². The van der Waals surface area contributed by atoms with E-state index in [2.05, 4.69) is 11.2 Å². The van der Waals surface area contributed by atoms with Gasteiger partial charge in [0, 0.05) is 22.4 Å². The molecule has 0 radical (unpaired) electrons. The van der Waals surface area contributed by atoms with Crippen LogP contribution in [0.5, 0.6) is 0 Å². The molecule has 0 amide bonds. The lowest BCUT2D eigenvalue weighted by molar-refractivity contribution is 0.608. The van der Waals surface area contributed by atoms with Crippen LogP contribution in [0.25, 0.3) is 5.69 Å². The number of aryl methyl sites for hydroxylation is 3. The second kappa shape index (κ2) is 4.98. The monoisotopic (exact) mass is 298 g/mol. The third-order valence-electron chi connectivity index (χ3n) is 2.80. The predicted molar refractivity (Wildman–Crippen MR) is 76.3 cm³/mol. The van der Waals surface area contributed by atoms with Crippen molar-refractivity contribution in [2.24, 2.45) is 0 Å². The zero-order valence-corrected chi connectivity index (χ0v) is 12.6. The highest BCUT2D eigenvalue weighted by Gasteiger charge is 2.13. The van der Waals surface area contributed by atoms with Crippen molar-refractivity contribution in [3.8, 4) is 5.69 Å². The number of aromatic nitrogens is 2. The van der Waals surface area contributed by atoms with E-state index >= 15 is 0 Å². The molecule has 0 spiro atoms. The Hall–Kier alpha value is -1.33. The van der Waals surface area contributed by atoms with Crippen LogP contribution >= 0.6 is 10.7 Å². The Balaban J connectivity index is 2.44. The fourth-order valence-electron chi connectivity index (χ4n) is 2.04. The molecule has 0 aliphatic rings. The second-order valence-electron chi connectivity index (χ2n) is 4.71. The maximum absolute atomic E-state index is 11.1. The molecule has 0 fully saturated rings. The molecule has 1 aromatic carbocycles. The standard InChI is InChI=1S/C13H15ClN2O2S/c1-9-4-10(2)6-13(5-9)16-7-12(11(3)15-16)8-19(14,17)18/h4-7H,8H2,1-3H3. The molecule has 1 aromatic heterocycles. The van der Waals surface area contributed by atoms with E-state index in [1.54, 1.807) is 17.8 Å². The molecule has 0 unspecified atom stereocenters. The number of halogens is 1. The van der Waals surface area contributed by atoms with E-state index in [0.29, 0.717) is 11.3 Å². The Labute approximate surface area is 117 Å². The molecule has 0 saturated carbocycles. The summed E-state index contributed by atoms with van der Waals surface area (Å²) in [5.41, 5.74) is 4.47. The van der Waals surface area contributed by atoms with E-state index in [0.717, 1.165) is 16.8 Å². The van der Waals surface area contributed by atoms with Gasteiger partial charge < -0.3 is 0 Å². The van der Waals surface area contributed by atoms with Gasteiger partial charge in [0.2, 0.25) is 9.05 Å². The van der Waals surface area contributed by atoms with Crippen LogP contribution in [0.3, 0.4) is 0 Å². The summed E-state index contributed by atoms with van der Waals surface area (Å²) in [6.07, 6.45) is 1.71. The Morgan fingerprint density at radius 2 is 1.74 bits per heavy atom. The van der Waals surface area contributed by atoms with Crippen molar-refractivity contribution in [1.29, 1.82) is 0 Å². The van der Waals surface area contributed by atoms with E-state index in [1.165, 1.54) is 0 Å². The normalized spacial score (nSPS) is 11.8. The van der Waals surface area contributed by atoms with Crippen molar-refractivity contribution in [2.75, 3.05) is 0 Å². The summed E-state index contributed by atoms with van der Waals surface area (Å²) in [4.78, 5) is 0. The molecule has 0 bridgehead atoms. The first-order chi connectivity index (χ1) is 8.74. The van der Waals surface area contributed by atoms with Crippen LogP contribution in [-0.2, 0) is 14.8 Å². The van der Waals surface area contributed by atoms with Gasteiger partial charge in [-0.1, -0.05) is 6.07 Å². The van der Waals surface area contributed by atoms with Crippen LogP contribution in [0.15, 0.2) is 24.4 Å². The average Bonchev–Trinajstić information content (AvgIpc) is 2.56. The van der Waals surface area contributed by atoms with Crippen molar-refractivity contribution < 1.29 is 8.42 Å². The molecule has 4 nitrogen and oxygen atoms in total. The Morgan fingerprint density at radius 1 is 1.16 bits per heavy atom. The highest BCUT2D eigenvalue weighted by atomic mass is 35.7. The lowest BCUT2D eigenvalue weighted by Crippen LogP contribution is -1.96. The van der Waals surface area contributed by atoms with E-state index in [4.69, 9.17) is 10.7 Å². The molecule has 1 heterocycles. The second-order valence-corrected chi connectivity index (χ2v) is 7.49. The lowest BCUT2D eigenvalue weighted by Gasteiger charge is -2.04. The Morgan fingerprint density at radius 3 is 2.26 bits per heavy atom. The molecule has 2 aromatic rings. The van der Waals surface area contributed by atoms with Crippen LogP contribution in [-0.4, -0.2) is 18.2 Å². The van der Waals surface area contributed by atoms with Crippen LogP contribution in [0.4, 0.5) is 0 Å². The van der Waals surface area contributed by atoms with Crippen molar-refractivity contribution in [1.82, 2.24) is 9.78 Å². The van der Waals surface area contributed by atoms with Gasteiger partial charge in [-0.25, -0.2) is 13.1 Å². The summed E-state index contributed by atoms with van der Waals surface area (Å²) >= 11 is 0. The van der Waals surface area contributed by atoms with E-state index in [1.807, 2.05) is 26.0 Å². The first kappa shape index (κ1) is 14.1. The van der Waals surface area contributed by atoms with Crippen molar-refractivity contribution >= 4 is 19.7 Å². The topological polar surface area (TPSA) is 52.0 Å². The zero-order chi connectivity index (χ0) is 14.2. The molecule has 0 saturated heterocycles. The first-order valence-electron chi connectivity index (χ1n) is 5.81. The zero-order valence-electron chi connectivity index (χ0n) is 11.0. The fraction of sp³-hybridized carbons (Fsp3) is 0.308. The van der Waals surface area contributed by atoms with Crippen molar-refractivity contribution in [3.63, 3.8) is 0 Å². The van der Waals surface area contributed by atoms with Gasteiger partial charge in [0.1, 0.15) is 0 Å². The van der Waals surface area contributed by atoms with Gasteiger partial charge in [-0.3, -0.25) is 0 Å². The van der Waals surface area contributed by atoms with Gasteiger partial charge in [0.05, 0.1) is 17.1 Å². The highest BCUT2D eigenvalue weighted by molar-refractivity contribution is 8.13. The van der Waals surface area contributed by atoms with Gasteiger partial charge in [-0.2, -0.15) is 5.10 Å². The van der Waals surface area contributed by atoms with E-state index < -0.39 is 9.05 Å². The summed E-state index contributed by atoms with van der Waals surface area (Å²) in [7, 11) is 1.71. The predicted octanol–water partition coefficient (Wildman–Crippen LogP) is 2.87. The molecule has 102 valence electrons. The largest absolute Gasteiger partial charge is 0.240 e. The van der Waals surface area contributed by atoms with Gasteiger partial charge in [0.15, 0.2) is 0 Å². The quantitative estimate of drug-likeness (QED) is 0.819. The SMILES string of the molecule is Cc1cc(C)cc(-n2cc(CS(=O)(=O)Cl)c(C)n2)c1. The smallest absolute Gasteiger partial charge is 0.236 e. The molecule has 6 heteroatoms. The maximum atomic E-state index is 11.1. The molecular formula is C13H15ClN2O2S. The number of rotatable bonds is 3. The molecule has 0 aliphatic carbocycles. The number of hydrogen-bond donors (Lipinski definition) is 0. The summed E-state index contributed by atoms with van der Waals surface area (Å²) in [5.74, 6) is -0.203. The van der Waals surface area contributed by atoms with Crippen LogP contribution in [0.1, 0.15) is 22.4 Å². The van der Waals surface area contributed by atoms with Gasteiger partial charge >= 0.3 is 0 Å². The minimum Gasteiger partial charge on any atom is -0.240 e. The van der Waals surface area contributed by atoms with Crippen LogP contribution in [0, 0.1) is 20.8 Å². The van der Waals surface area contributed by atoms with Gasteiger partial charge in [-0.05, 0) is 44.0 Å². The third-order valence-corrected chi connectivity index (χ3v) is 3.78.